The SMILES string of the molecule is O=C(N[C@@H]1CCC[C@H](Nc2cc(C(F)(F)F)nc3ccc(Cl)cc23)C1)c1cccc(O)c1. The molecule has 2 aromatic carbocycles. The Morgan fingerprint density at radius 3 is 2.62 bits per heavy atom. The lowest BCUT2D eigenvalue weighted by atomic mass is 9.90. The van der Waals surface area contributed by atoms with Gasteiger partial charge in [0.25, 0.3) is 5.91 Å². The number of anilines is 1. The highest BCUT2D eigenvalue weighted by Crippen LogP contribution is 2.35. The summed E-state index contributed by atoms with van der Waals surface area (Å²) < 4.78 is 40.1. The summed E-state index contributed by atoms with van der Waals surface area (Å²) in [6.07, 6.45) is -1.70. The van der Waals surface area contributed by atoms with Crippen molar-refractivity contribution in [1.29, 1.82) is 0 Å². The summed E-state index contributed by atoms with van der Waals surface area (Å²) >= 11 is 6.07. The fraction of sp³-hybridized carbons (Fsp3) is 0.304. The Bertz CT molecular complexity index is 1150. The van der Waals surface area contributed by atoms with E-state index in [0.29, 0.717) is 28.1 Å². The maximum absolute atomic E-state index is 13.4. The number of fused-ring (bicyclic) bond motifs is 1. The molecule has 0 saturated heterocycles. The number of rotatable bonds is 4. The van der Waals surface area contributed by atoms with Gasteiger partial charge in [-0.2, -0.15) is 13.2 Å². The highest BCUT2D eigenvalue weighted by atomic mass is 35.5. The Balaban J connectivity index is 1.53. The van der Waals surface area contributed by atoms with Crippen molar-refractivity contribution in [3.05, 3.63) is 64.8 Å². The second kappa shape index (κ2) is 8.86. The van der Waals surface area contributed by atoms with Gasteiger partial charge in [-0.1, -0.05) is 17.7 Å². The molecule has 3 aromatic rings. The summed E-state index contributed by atoms with van der Waals surface area (Å²) in [5, 5.41) is 16.7. The average Bonchev–Trinajstić information content (AvgIpc) is 2.73. The van der Waals surface area contributed by atoms with Crippen LogP contribution in [0.25, 0.3) is 10.9 Å². The first-order chi connectivity index (χ1) is 15.2. The normalized spacial score (nSPS) is 19.0. The third kappa shape index (κ3) is 5.07. The molecule has 1 heterocycles. The number of hydrogen-bond acceptors (Lipinski definition) is 4. The van der Waals surface area contributed by atoms with E-state index in [1.165, 1.54) is 24.3 Å². The van der Waals surface area contributed by atoms with Gasteiger partial charge in [0.05, 0.1) is 5.52 Å². The molecule has 0 radical (unpaired) electrons. The number of phenols is 1. The van der Waals surface area contributed by atoms with Gasteiger partial charge in [0.15, 0.2) is 0 Å². The third-order valence-electron chi connectivity index (χ3n) is 5.54. The largest absolute Gasteiger partial charge is 0.508 e. The van der Waals surface area contributed by atoms with Gasteiger partial charge in [-0.05, 0) is 68.1 Å². The molecule has 4 rings (SSSR count). The van der Waals surface area contributed by atoms with Crippen LogP contribution in [0.15, 0.2) is 48.5 Å². The number of hydrogen-bond donors (Lipinski definition) is 3. The molecular weight excluding hydrogens is 443 g/mol. The molecule has 1 aliphatic rings. The highest BCUT2D eigenvalue weighted by molar-refractivity contribution is 6.31. The molecule has 9 heteroatoms. The number of nitrogens with zero attached hydrogens (tertiary/aromatic N) is 1. The number of nitrogens with one attached hydrogen (secondary N) is 2. The lowest BCUT2D eigenvalue weighted by molar-refractivity contribution is -0.140. The fourth-order valence-corrected chi connectivity index (χ4v) is 4.22. The number of aromatic nitrogens is 1. The van der Waals surface area contributed by atoms with Gasteiger partial charge >= 0.3 is 6.18 Å². The van der Waals surface area contributed by atoms with Crippen LogP contribution in [0.5, 0.6) is 5.75 Å². The molecule has 5 nitrogen and oxygen atoms in total. The zero-order valence-corrected chi connectivity index (χ0v) is 17.7. The van der Waals surface area contributed by atoms with Crippen molar-refractivity contribution in [1.82, 2.24) is 10.3 Å². The molecular formula is C23H21ClF3N3O2. The fourth-order valence-electron chi connectivity index (χ4n) is 4.05. The molecule has 0 aliphatic heterocycles. The predicted molar refractivity (Wildman–Crippen MR) is 117 cm³/mol. The smallest absolute Gasteiger partial charge is 0.433 e. The first-order valence-electron chi connectivity index (χ1n) is 10.2. The van der Waals surface area contributed by atoms with Gasteiger partial charge < -0.3 is 15.7 Å². The second-order valence-corrected chi connectivity index (χ2v) is 8.38. The van der Waals surface area contributed by atoms with Crippen LogP contribution in [0.1, 0.15) is 41.7 Å². The Morgan fingerprint density at radius 2 is 1.88 bits per heavy atom. The Hall–Kier alpha value is -3.00. The molecule has 0 spiro atoms. The van der Waals surface area contributed by atoms with Gasteiger partial charge in [-0.15, -0.1) is 0 Å². The maximum Gasteiger partial charge on any atom is 0.433 e. The van der Waals surface area contributed by atoms with E-state index >= 15 is 0 Å². The lowest BCUT2D eigenvalue weighted by Crippen LogP contribution is -2.41. The summed E-state index contributed by atoms with van der Waals surface area (Å²) in [7, 11) is 0. The van der Waals surface area contributed by atoms with E-state index in [0.717, 1.165) is 25.3 Å². The Labute approximate surface area is 187 Å². The van der Waals surface area contributed by atoms with E-state index < -0.39 is 11.9 Å². The van der Waals surface area contributed by atoms with Crippen molar-refractivity contribution < 1.29 is 23.1 Å². The van der Waals surface area contributed by atoms with E-state index in [2.05, 4.69) is 15.6 Å². The number of amides is 1. The first kappa shape index (κ1) is 22.2. The molecule has 1 aromatic heterocycles. The van der Waals surface area contributed by atoms with Crippen LogP contribution in [-0.4, -0.2) is 28.1 Å². The predicted octanol–water partition coefficient (Wildman–Crippen LogP) is 5.77. The van der Waals surface area contributed by atoms with Gasteiger partial charge in [-0.25, -0.2) is 4.98 Å². The molecule has 1 saturated carbocycles. The van der Waals surface area contributed by atoms with Crippen LogP contribution < -0.4 is 10.6 Å². The van der Waals surface area contributed by atoms with Crippen LogP contribution in [0.4, 0.5) is 18.9 Å². The Kier molecular flexibility index (Phi) is 6.15. The molecule has 0 unspecified atom stereocenters. The summed E-state index contributed by atoms with van der Waals surface area (Å²) in [4.78, 5) is 16.2. The van der Waals surface area contributed by atoms with E-state index in [-0.39, 0.29) is 29.3 Å². The van der Waals surface area contributed by atoms with Crippen molar-refractivity contribution >= 4 is 34.1 Å². The standard InChI is InChI=1S/C23H21ClF3N3O2/c24-14-7-8-19-18(10-14)20(12-21(30-19)23(25,26)27)28-15-4-2-5-16(11-15)29-22(32)13-3-1-6-17(31)9-13/h1,3,6-10,12,15-16,31H,2,4-5,11H2,(H,28,30)(H,29,32)/t15-,16+/m0/s1. The van der Waals surface area contributed by atoms with Crippen molar-refractivity contribution in [2.45, 2.75) is 43.9 Å². The number of aromatic hydroxyl groups is 1. The van der Waals surface area contributed by atoms with E-state index in [4.69, 9.17) is 11.6 Å². The topological polar surface area (TPSA) is 74.2 Å². The van der Waals surface area contributed by atoms with Crippen molar-refractivity contribution in [2.75, 3.05) is 5.32 Å². The number of carbonyl (C=O) groups excluding carboxylic acids is 1. The van der Waals surface area contributed by atoms with Crippen LogP contribution in [0.3, 0.4) is 0 Å². The monoisotopic (exact) mass is 463 g/mol. The number of phenolic OH excluding ortho intramolecular Hbond substituents is 1. The number of pyridine rings is 1. The maximum atomic E-state index is 13.4. The van der Waals surface area contributed by atoms with Gasteiger partial charge in [0, 0.05) is 33.7 Å². The molecule has 168 valence electrons. The highest BCUT2D eigenvalue weighted by Gasteiger charge is 2.34. The first-order valence-corrected chi connectivity index (χ1v) is 10.6. The summed E-state index contributed by atoms with van der Waals surface area (Å²) in [5.74, 6) is -0.295. The van der Waals surface area contributed by atoms with Gasteiger partial charge in [0.1, 0.15) is 11.4 Å². The van der Waals surface area contributed by atoms with Crippen LogP contribution >= 0.6 is 11.6 Å². The van der Waals surface area contributed by atoms with Crippen molar-refractivity contribution in [3.63, 3.8) is 0 Å². The minimum Gasteiger partial charge on any atom is -0.508 e. The molecule has 0 bridgehead atoms. The molecule has 1 aliphatic carbocycles. The molecule has 1 fully saturated rings. The lowest BCUT2D eigenvalue weighted by Gasteiger charge is -2.31. The summed E-state index contributed by atoms with van der Waals surface area (Å²) in [5.41, 5.74) is -0.102. The minimum absolute atomic E-state index is 0.00420. The van der Waals surface area contributed by atoms with Crippen LogP contribution in [0, 0.1) is 0 Å². The molecule has 2 atom stereocenters. The van der Waals surface area contributed by atoms with E-state index in [1.54, 1.807) is 18.2 Å². The van der Waals surface area contributed by atoms with E-state index in [1.807, 2.05) is 0 Å². The van der Waals surface area contributed by atoms with Crippen molar-refractivity contribution in [3.8, 4) is 5.75 Å². The summed E-state index contributed by atoms with van der Waals surface area (Å²) in [6, 6.07) is 11.4. The van der Waals surface area contributed by atoms with Crippen molar-refractivity contribution in [2.24, 2.45) is 0 Å². The Morgan fingerprint density at radius 1 is 1.09 bits per heavy atom. The average molecular weight is 464 g/mol. The molecule has 1 amide bonds. The van der Waals surface area contributed by atoms with Gasteiger partial charge in [-0.3, -0.25) is 4.79 Å². The van der Waals surface area contributed by atoms with E-state index in [9.17, 15) is 23.1 Å². The molecule has 32 heavy (non-hydrogen) atoms. The van der Waals surface area contributed by atoms with Crippen LogP contribution in [-0.2, 0) is 6.18 Å². The summed E-state index contributed by atoms with van der Waals surface area (Å²) in [6.45, 7) is 0. The van der Waals surface area contributed by atoms with Gasteiger partial charge in [0.2, 0.25) is 0 Å². The van der Waals surface area contributed by atoms with Crippen LogP contribution in [0.2, 0.25) is 5.02 Å². The minimum atomic E-state index is -4.57. The zero-order valence-electron chi connectivity index (χ0n) is 16.9. The number of benzene rings is 2. The zero-order chi connectivity index (χ0) is 22.9. The molecule has 3 N–H and O–H groups in total. The quantitative estimate of drug-likeness (QED) is 0.459. The number of alkyl halides is 3. The number of halogens is 4. The second-order valence-electron chi connectivity index (χ2n) is 7.94. The third-order valence-corrected chi connectivity index (χ3v) is 5.77. The number of carbonyl (C=O) groups is 1.